The molecule has 1 atom stereocenters. The molecule has 1 saturated heterocycles. The van der Waals surface area contributed by atoms with Crippen LogP contribution in [-0.4, -0.2) is 25.8 Å². The second-order valence-corrected chi connectivity index (χ2v) is 7.49. The third-order valence-electron chi connectivity index (χ3n) is 3.36. The number of amides is 1. The highest BCUT2D eigenvalue weighted by molar-refractivity contribution is 7.91. The van der Waals surface area contributed by atoms with E-state index < -0.39 is 15.8 Å². The van der Waals surface area contributed by atoms with Crippen LogP contribution in [0.1, 0.15) is 18.4 Å². The fourth-order valence-electron chi connectivity index (χ4n) is 2.21. The quantitative estimate of drug-likeness (QED) is 0.912. The summed E-state index contributed by atoms with van der Waals surface area (Å²) in [6.45, 7) is 1.82. The van der Waals surface area contributed by atoms with Gasteiger partial charge >= 0.3 is 0 Å². The van der Waals surface area contributed by atoms with E-state index in [-0.39, 0.29) is 17.4 Å². The molecule has 1 aliphatic heterocycles. The minimum atomic E-state index is -3.07. The molecule has 2 rings (SSSR count). The van der Waals surface area contributed by atoms with Gasteiger partial charge in [0.05, 0.1) is 17.4 Å². The Kier molecular flexibility index (Phi) is 4.16. The number of hydrogen-bond acceptors (Lipinski definition) is 3. The summed E-state index contributed by atoms with van der Waals surface area (Å²) in [5.41, 5.74) is 1.43. The zero-order valence-electron chi connectivity index (χ0n) is 10.6. The Balaban J connectivity index is 2.11. The first-order valence-corrected chi connectivity index (χ1v) is 8.35. The molecule has 104 valence electrons. The zero-order chi connectivity index (χ0) is 14.0. The highest BCUT2D eigenvalue weighted by atomic mass is 35.5. The minimum Gasteiger partial charge on any atom is -0.326 e. The van der Waals surface area contributed by atoms with Gasteiger partial charge in [-0.05, 0) is 37.5 Å². The number of benzene rings is 1. The average molecular weight is 302 g/mol. The molecule has 1 aromatic rings. The monoisotopic (exact) mass is 301 g/mol. The number of sulfone groups is 1. The Morgan fingerprint density at radius 2 is 2.16 bits per heavy atom. The van der Waals surface area contributed by atoms with Crippen molar-refractivity contribution in [1.82, 2.24) is 0 Å². The molecule has 0 radical (unpaired) electrons. The van der Waals surface area contributed by atoms with Gasteiger partial charge in [0, 0.05) is 10.7 Å². The molecule has 19 heavy (non-hydrogen) atoms. The van der Waals surface area contributed by atoms with Crippen molar-refractivity contribution in [3.8, 4) is 0 Å². The van der Waals surface area contributed by atoms with Gasteiger partial charge in [0.25, 0.3) is 0 Å². The SMILES string of the molecule is Cc1c(Cl)cccc1NC(=O)C1CCCS(=O)(=O)C1. The molecule has 4 nitrogen and oxygen atoms in total. The molecule has 1 amide bonds. The maximum atomic E-state index is 12.1. The van der Waals surface area contributed by atoms with Gasteiger partial charge in [0.1, 0.15) is 0 Å². The molecule has 1 heterocycles. The maximum absolute atomic E-state index is 12.1. The summed E-state index contributed by atoms with van der Waals surface area (Å²) in [5.74, 6) is -0.573. The summed E-state index contributed by atoms with van der Waals surface area (Å²) in [7, 11) is -3.07. The van der Waals surface area contributed by atoms with Crippen molar-refractivity contribution in [2.24, 2.45) is 5.92 Å². The van der Waals surface area contributed by atoms with Gasteiger partial charge in [-0.3, -0.25) is 4.79 Å². The van der Waals surface area contributed by atoms with Gasteiger partial charge < -0.3 is 5.32 Å². The number of hydrogen-bond donors (Lipinski definition) is 1. The lowest BCUT2D eigenvalue weighted by molar-refractivity contribution is -0.119. The lowest BCUT2D eigenvalue weighted by Gasteiger charge is -2.21. The fourth-order valence-corrected chi connectivity index (χ4v) is 4.09. The largest absolute Gasteiger partial charge is 0.326 e. The summed E-state index contributed by atoms with van der Waals surface area (Å²) < 4.78 is 23.1. The Labute approximate surface area is 118 Å². The molecule has 0 bridgehead atoms. The average Bonchev–Trinajstić information content (AvgIpc) is 2.33. The first-order chi connectivity index (χ1) is 8.89. The van der Waals surface area contributed by atoms with Gasteiger partial charge in [-0.15, -0.1) is 0 Å². The van der Waals surface area contributed by atoms with Crippen LogP contribution in [-0.2, 0) is 14.6 Å². The van der Waals surface area contributed by atoms with Crippen molar-refractivity contribution in [2.45, 2.75) is 19.8 Å². The molecule has 0 aliphatic carbocycles. The van der Waals surface area contributed by atoms with E-state index >= 15 is 0 Å². The maximum Gasteiger partial charge on any atom is 0.228 e. The summed E-state index contributed by atoms with van der Waals surface area (Å²) in [5, 5.41) is 3.35. The highest BCUT2D eigenvalue weighted by Crippen LogP contribution is 2.25. The smallest absolute Gasteiger partial charge is 0.228 e. The van der Waals surface area contributed by atoms with Crippen LogP contribution in [0.15, 0.2) is 18.2 Å². The van der Waals surface area contributed by atoms with Crippen molar-refractivity contribution in [3.05, 3.63) is 28.8 Å². The first-order valence-electron chi connectivity index (χ1n) is 6.15. The van der Waals surface area contributed by atoms with Gasteiger partial charge in [-0.2, -0.15) is 0 Å². The zero-order valence-corrected chi connectivity index (χ0v) is 12.2. The van der Waals surface area contributed by atoms with Crippen LogP contribution < -0.4 is 5.32 Å². The molecule has 0 saturated carbocycles. The Morgan fingerprint density at radius 1 is 1.42 bits per heavy atom. The van der Waals surface area contributed by atoms with E-state index in [0.29, 0.717) is 23.6 Å². The van der Waals surface area contributed by atoms with Crippen LogP contribution in [0.25, 0.3) is 0 Å². The van der Waals surface area contributed by atoms with Crippen LogP contribution in [0.4, 0.5) is 5.69 Å². The number of carbonyl (C=O) groups excluding carboxylic acids is 1. The van der Waals surface area contributed by atoms with Crippen LogP contribution in [0, 0.1) is 12.8 Å². The lowest BCUT2D eigenvalue weighted by Crippen LogP contribution is -2.34. The predicted octanol–water partition coefficient (Wildman–Crippen LogP) is 2.41. The number of halogens is 1. The van der Waals surface area contributed by atoms with Gasteiger partial charge in [-0.1, -0.05) is 17.7 Å². The van der Waals surface area contributed by atoms with E-state index in [1.807, 2.05) is 6.92 Å². The molecule has 6 heteroatoms. The summed E-state index contributed by atoms with van der Waals surface area (Å²) in [4.78, 5) is 12.1. The standard InChI is InChI=1S/C13H16ClNO3S/c1-9-11(14)5-2-6-12(9)15-13(16)10-4-3-7-19(17,18)8-10/h2,5-6,10H,3-4,7-8H2,1H3,(H,15,16). The third kappa shape index (κ3) is 3.48. The second-order valence-electron chi connectivity index (χ2n) is 4.86. The molecule has 0 spiro atoms. The van der Waals surface area contributed by atoms with Crippen LogP contribution >= 0.6 is 11.6 Å². The number of anilines is 1. The lowest BCUT2D eigenvalue weighted by atomic mass is 10.0. The molecular formula is C13H16ClNO3S. The van der Waals surface area contributed by atoms with E-state index in [4.69, 9.17) is 11.6 Å². The number of carbonyl (C=O) groups is 1. The van der Waals surface area contributed by atoms with Crippen molar-refractivity contribution >= 4 is 33.0 Å². The summed E-state index contributed by atoms with van der Waals surface area (Å²) in [6.07, 6.45) is 1.17. The second kappa shape index (κ2) is 5.51. The van der Waals surface area contributed by atoms with Crippen molar-refractivity contribution in [3.63, 3.8) is 0 Å². The van der Waals surface area contributed by atoms with Crippen molar-refractivity contribution in [1.29, 1.82) is 0 Å². The molecule has 1 unspecified atom stereocenters. The predicted molar refractivity (Wildman–Crippen MR) is 76.2 cm³/mol. The topological polar surface area (TPSA) is 63.2 Å². The van der Waals surface area contributed by atoms with E-state index in [1.54, 1.807) is 18.2 Å². The summed E-state index contributed by atoms with van der Waals surface area (Å²) >= 11 is 5.98. The van der Waals surface area contributed by atoms with E-state index in [1.165, 1.54) is 0 Å². The third-order valence-corrected chi connectivity index (χ3v) is 5.59. The molecule has 1 aliphatic rings. The van der Waals surface area contributed by atoms with Gasteiger partial charge in [-0.25, -0.2) is 8.42 Å². The van der Waals surface area contributed by atoms with Gasteiger partial charge in [0.2, 0.25) is 5.91 Å². The summed E-state index contributed by atoms with van der Waals surface area (Å²) in [6, 6.07) is 5.26. The number of nitrogens with one attached hydrogen (secondary N) is 1. The Morgan fingerprint density at radius 3 is 2.84 bits per heavy atom. The van der Waals surface area contributed by atoms with Crippen molar-refractivity contribution < 1.29 is 13.2 Å². The molecule has 0 aromatic heterocycles. The van der Waals surface area contributed by atoms with E-state index in [2.05, 4.69) is 5.32 Å². The Hall–Kier alpha value is -1.07. The van der Waals surface area contributed by atoms with Crippen molar-refractivity contribution in [2.75, 3.05) is 16.8 Å². The minimum absolute atomic E-state index is 0.0571. The Bertz CT molecular complexity index is 598. The van der Waals surface area contributed by atoms with E-state index in [0.717, 1.165) is 5.56 Å². The molecule has 1 aromatic carbocycles. The van der Waals surface area contributed by atoms with Crippen LogP contribution in [0.3, 0.4) is 0 Å². The molecule has 1 fully saturated rings. The van der Waals surface area contributed by atoms with Crippen LogP contribution in [0.2, 0.25) is 5.02 Å². The highest BCUT2D eigenvalue weighted by Gasteiger charge is 2.30. The number of rotatable bonds is 2. The fraction of sp³-hybridized carbons (Fsp3) is 0.462. The van der Waals surface area contributed by atoms with Gasteiger partial charge in [0.15, 0.2) is 9.84 Å². The van der Waals surface area contributed by atoms with Crippen LogP contribution in [0.5, 0.6) is 0 Å². The first kappa shape index (κ1) is 14.3. The van der Waals surface area contributed by atoms with E-state index in [9.17, 15) is 13.2 Å². The molecule has 1 N–H and O–H groups in total. The normalized spacial score (nSPS) is 21.9. The molecular weight excluding hydrogens is 286 g/mol.